The van der Waals surface area contributed by atoms with E-state index < -0.39 is 22.9 Å². The number of rotatable bonds is 9. The molecular weight excluding hydrogens is 380 g/mol. The monoisotopic (exact) mass is 400 g/mol. The van der Waals surface area contributed by atoms with E-state index >= 15 is 0 Å². The molecule has 2 rings (SSSR count). The highest BCUT2D eigenvalue weighted by atomic mass is 16.6. The Labute approximate surface area is 167 Å². The van der Waals surface area contributed by atoms with E-state index in [9.17, 15) is 19.7 Å². The summed E-state index contributed by atoms with van der Waals surface area (Å²) in [6.45, 7) is 3.39. The lowest BCUT2D eigenvalue weighted by Crippen LogP contribution is -2.31. The molecule has 1 amide bonds. The molecule has 1 N–H and O–H groups in total. The minimum absolute atomic E-state index is 0.0777. The Hall–Kier alpha value is -3.88. The first-order valence-corrected chi connectivity index (χ1v) is 8.46. The first-order valence-electron chi connectivity index (χ1n) is 8.46. The zero-order valence-corrected chi connectivity index (χ0v) is 15.9. The number of hydrogen-bond acceptors (Lipinski definition) is 7. The molecule has 2 aromatic carbocycles. The van der Waals surface area contributed by atoms with Gasteiger partial charge in [-0.1, -0.05) is 18.7 Å². The Kier molecular flexibility index (Phi) is 7.30. The fraction of sp³-hybridized carbons (Fsp3) is 0.200. The molecule has 0 bridgehead atoms. The molecule has 9 heteroatoms. The van der Waals surface area contributed by atoms with E-state index in [1.54, 1.807) is 18.2 Å². The number of carbonyl (C=O) groups excluding carboxylic acids is 2. The van der Waals surface area contributed by atoms with E-state index in [0.29, 0.717) is 17.1 Å². The van der Waals surface area contributed by atoms with Crippen LogP contribution in [-0.4, -0.2) is 31.0 Å². The van der Waals surface area contributed by atoms with Gasteiger partial charge in [-0.3, -0.25) is 14.9 Å². The zero-order chi connectivity index (χ0) is 21.4. The van der Waals surface area contributed by atoms with Crippen LogP contribution in [0.3, 0.4) is 0 Å². The van der Waals surface area contributed by atoms with E-state index in [1.807, 2.05) is 0 Å². The molecule has 0 fully saturated rings. The molecule has 2 aromatic rings. The minimum Gasteiger partial charge on any atom is -0.493 e. The predicted octanol–water partition coefficient (Wildman–Crippen LogP) is 2.70. The van der Waals surface area contributed by atoms with Crippen molar-refractivity contribution in [1.29, 1.82) is 0 Å². The van der Waals surface area contributed by atoms with Gasteiger partial charge in [-0.2, -0.15) is 0 Å². The first kappa shape index (κ1) is 21.4. The summed E-state index contributed by atoms with van der Waals surface area (Å²) >= 11 is 0. The zero-order valence-electron chi connectivity index (χ0n) is 15.9. The summed E-state index contributed by atoms with van der Waals surface area (Å²) in [4.78, 5) is 34.6. The predicted molar refractivity (Wildman–Crippen MR) is 104 cm³/mol. The highest BCUT2D eigenvalue weighted by Crippen LogP contribution is 2.30. The second-order valence-electron chi connectivity index (χ2n) is 5.74. The SMILES string of the molecule is C=CC(=O)O[C@H](C(=O)NCc1cccc(OC)c1OC)c1ccc([N+](=O)[O-])cc1. The van der Waals surface area contributed by atoms with Crippen LogP contribution in [0.2, 0.25) is 0 Å². The number of benzene rings is 2. The van der Waals surface area contributed by atoms with Gasteiger partial charge >= 0.3 is 5.97 Å². The quantitative estimate of drug-likeness (QED) is 0.298. The lowest BCUT2D eigenvalue weighted by Gasteiger charge is -2.18. The number of methoxy groups -OCH3 is 2. The number of nitro groups is 1. The molecule has 9 nitrogen and oxygen atoms in total. The van der Waals surface area contributed by atoms with Crippen molar-refractivity contribution in [2.75, 3.05) is 14.2 Å². The number of carbonyl (C=O) groups is 2. The van der Waals surface area contributed by atoms with Gasteiger partial charge in [0.2, 0.25) is 6.10 Å². The second-order valence-corrected chi connectivity index (χ2v) is 5.74. The molecule has 0 aliphatic heterocycles. The van der Waals surface area contributed by atoms with Gasteiger partial charge in [0.05, 0.1) is 19.1 Å². The number of hydrogen-bond donors (Lipinski definition) is 1. The van der Waals surface area contributed by atoms with Crippen molar-refractivity contribution in [1.82, 2.24) is 5.32 Å². The molecule has 0 spiro atoms. The molecule has 0 unspecified atom stereocenters. The standard InChI is InChI=1S/C20H20N2O7/c1-4-17(23)29-19(13-8-10-15(11-9-13)22(25)26)20(24)21-12-14-6-5-7-16(27-2)18(14)28-3/h4-11,19H,1,12H2,2-3H3,(H,21,24)/t19-/m0/s1. The van der Waals surface area contributed by atoms with Crippen LogP contribution in [0.1, 0.15) is 17.2 Å². The van der Waals surface area contributed by atoms with E-state index in [4.69, 9.17) is 14.2 Å². The van der Waals surface area contributed by atoms with Crippen LogP contribution >= 0.6 is 0 Å². The van der Waals surface area contributed by atoms with Gasteiger partial charge < -0.3 is 19.5 Å². The summed E-state index contributed by atoms with van der Waals surface area (Å²) in [7, 11) is 2.98. The number of nitrogens with zero attached hydrogens (tertiary/aromatic N) is 1. The molecule has 29 heavy (non-hydrogen) atoms. The maximum Gasteiger partial charge on any atom is 0.331 e. The topological polar surface area (TPSA) is 117 Å². The van der Waals surface area contributed by atoms with E-state index in [-0.39, 0.29) is 17.8 Å². The van der Waals surface area contributed by atoms with Gasteiger partial charge in [-0.15, -0.1) is 0 Å². The van der Waals surface area contributed by atoms with Gasteiger partial charge in [0, 0.05) is 35.9 Å². The third-order valence-corrected chi connectivity index (χ3v) is 3.98. The van der Waals surface area contributed by atoms with Crippen LogP contribution in [0.15, 0.2) is 55.1 Å². The Morgan fingerprint density at radius 1 is 1.17 bits per heavy atom. The average molecular weight is 400 g/mol. The number of amides is 1. The van der Waals surface area contributed by atoms with Gasteiger partial charge in [0.15, 0.2) is 11.5 Å². The Morgan fingerprint density at radius 3 is 2.41 bits per heavy atom. The van der Waals surface area contributed by atoms with Gasteiger partial charge in [-0.25, -0.2) is 4.79 Å². The number of para-hydroxylation sites is 1. The number of ether oxygens (including phenoxy) is 3. The third kappa shape index (κ3) is 5.32. The van der Waals surface area contributed by atoms with Crippen molar-refractivity contribution < 1.29 is 28.7 Å². The number of nitro benzene ring substituents is 1. The second kappa shape index (κ2) is 9.88. The lowest BCUT2D eigenvalue weighted by atomic mass is 10.1. The van der Waals surface area contributed by atoms with Crippen LogP contribution in [0.4, 0.5) is 5.69 Å². The summed E-state index contributed by atoms with van der Waals surface area (Å²) in [5.41, 5.74) is 0.780. The van der Waals surface area contributed by atoms with Crippen LogP contribution in [0, 0.1) is 10.1 Å². The van der Waals surface area contributed by atoms with E-state index in [2.05, 4.69) is 11.9 Å². The highest BCUT2D eigenvalue weighted by Gasteiger charge is 2.25. The van der Waals surface area contributed by atoms with Crippen molar-refractivity contribution in [3.8, 4) is 11.5 Å². The van der Waals surface area contributed by atoms with Crippen LogP contribution in [0.25, 0.3) is 0 Å². The molecule has 0 radical (unpaired) electrons. The summed E-state index contributed by atoms with van der Waals surface area (Å²) in [6, 6.07) is 10.4. The number of esters is 1. The molecule has 152 valence electrons. The summed E-state index contributed by atoms with van der Waals surface area (Å²) in [5, 5.41) is 13.5. The number of nitrogens with one attached hydrogen (secondary N) is 1. The van der Waals surface area contributed by atoms with Crippen LogP contribution < -0.4 is 14.8 Å². The normalized spacial score (nSPS) is 11.1. The van der Waals surface area contributed by atoms with Crippen molar-refractivity contribution >= 4 is 17.6 Å². The summed E-state index contributed by atoms with van der Waals surface area (Å²) in [5.74, 6) is -0.448. The van der Waals surface area contributed by atoms with E-state index in [1.165, 1.54) is 38.5 Å². The maximum absolute atomic E-state index is 12.7. The van der Waals surface area contributed by atoms with Gasteiger partial charge in [0.1, 0.15) is 0 Å². The fourth-order valence-electron chi connectivity index (χ4n) is 2.58. The van der Waals surface area contributed by atoms with Gasteiger partial charge in [-0.05, 0) is 18.2 Å². The highest BCUT2D eigenvalue weighted by molar-refractivity contribution is 5.88. The van der Waals surface area contributed by atoms with Crippen molar-refractivity contribution in [3.63, 3.8) is 0 Å². The molecule has 0 saturated carbocycles. The lowest BCUT2D eigenvalue weighted by molar-refractivity contribution is -0.384. The van der Waals surface area contributed by atoms with Crippen LogP contribution in [0.5, 0.6) is 11.5 Å². The van der Waals surface area contributed by atoms with Crippen LogP contribution in [-0.2, 0) is 20.9 Å². The minimum atomic E-state index is -1.31. The average Bonchev–Trinajstić information content (AvgIpc) is 2.75. The van der Waals surface area contributed by atoms with Crippen molar-refractivity contribution in [2.45, 2.75) is 12.6 Å². The molecular formula is C20H20N2O7. The maximum atomic E-state index is 12.7. The molecule has 0 aliphatic carbocycles. The molecule has 1 atom stereocenters. The molecule has 0 aliphatic rings. The van der Waals surface area contributed by atoms with E-state index in [0.717, 1.165) is 6.08 Å². The third-order valence-electron chi connectivity index (χ3n) is 3.98. The summed E-state index contributed by atoms with van der Waals surface area (Å²) in [6.07, 6.45) is -0.380. The molecule has 0 aromatic heterocycles. The fourth-order valence-corrected chi connectivity index (χ4v) is 2.58. The Morgan fingerprint density at radius 2 is 1.86 bits per heavy atom. The molecule has 0 heterocycles. The molecule has 0 saturated heterocycles. The van der Waals surface area contributed by atoms with Gasteiger partial charge in [0.25, 0.3) is 11.6 Å². The summed E-state index contributed by atoms with van der Waals surface area (Å²) < 4.78 is 15.7. The largest absolute Gasteiger partial charge is 0.493 e. The Bertz CT molecular complexity index is 910. The number of non-ortho nitro benzene ring substituents is 1. The first-order chi connectivity index (χ1) is 13.9. The van der Waals surface area contributed by atoms with Crippen molar-refractivity contribution in [2.24, 2.45) is 0 Å². The smallest absolute Gasteiger partial charge is 0.331 e. The van der Waals surface area contributed by atoms with Crippen molar-refractivity contribution in [3.05, 3.63) is 76.4 Å². The Balaban J connectivity index is 2.23.